The fraction of sp³-hybridized carbons (Fsp3) is 0.333. The van der Waals surface area contributed by atoms with Gasteiger partial charge in [0.05, 0.1) is 12.3 Å². The second-order valence-electron chi connectivity index (χ2n) is 4.42. The first kappa shape index (κ1) is 14.4. The maximum absolute atomic E-state index is 5.45. The highest BCUT2D eigenvalue weighted by molar-refractivity contribution is 5.60. The lowest BCUT2D eigenvalue weighted by molar-refractivity contribution is 0.202. The van der Waals surface area contributed by atoms with E-state index in [4.69, 9.17) is 10.5 Å². The van der Waals surface area contributed by atoms with Gasteiger partial charge in [0.25, 0.3) is 0 Å². The summed E-state index contributed by atoms with van der Waals surface area (Å²) in [7, 11) is 1.71. The maximum atomic E-state index is 5.45. The number of nitrogens with one attached hydrogen (secondary N) is 1. The van der Waals surface area contributed by atoms with Crippen LogP contribution in [-0.2, 0) is 11.2 Å². The molecule has 5 heteroatoms. The van der Waals surface area contributed by atoms with Gasteiger partial charge in [-0.15, -0.1) is 0 Å². The Bertz CT molecular complexity index is 528. The van der Waals surface area contributed by atoms with Crippen molar-refractivity contribution in [2.24, 2.45) is 5.73 Å². The molecule has 20 heavy (non-hydrogen) atoms. The number of methoxy groups -OCH3 is 1. The van der Waals surface area contributed by atoms with Crippen LogP contribution in [0.5, 0.6) is 0 Å². The minimum Gasteiger partial charge on any atom is -0.384 e. The number of nitrogens with zero attached hydrogens (tertiary/aromatic N) is 2. The third-order valence-corrected chi connectivity index (χ3v) is 2.93. The van der Waals surface area contributed by atoms with Gasteiger partial charge >= 0.3 is 0 Å². The van der Waals surface area contributed by atoms with Crippen LogP contribution in [0.3, 0.4) is 0 Å². The van der Waals surface area contributed by atoms with Crippen LogP contribution in [0.4, 0.5) is 5.95 Å². The Labute approximate surface area is 119 Å². The van der Waals surface area contributed by atoms with Gasteiger partial charge in [-0.25, -0.2) is 9.97 Å². The van der Waals surface area contributed by atoms with Gasteiger partial charge in [0.2, 0.25) is 5.95 Å². The largest absolute Gasteiger partial charge is 0.384 e. The molecule has 0 radical (unpaired) electrons. The molecule has 2 aromatic rings. The molecule has 5 nitrogen and oxygen atoms in total. The highest BCUT2D eigenvalue weighted by atomic mass is 16.5. The number of ether oxygens (including phenoxy) is 1. The molecule has 0 amide bonds. The Morgan fingerprint density at radius 3 is 2.70 bits per heavy atom. The number of hydrogen-bond donors (Lipinski definition) is 2. The molecule has 0 bridgehead atoms. The first-order valence-electron chi connectivity index (χ1n) is 6.68. The molecule has 0 unspecified atom stereocenters. The molecule has 0 spiro atoms. The normalized spacial score (nSPS) is 10.5. The third kappa shape index (κ3) is 4.01. The van der Waals surface area contributed by atoms with Crippen LogP contribution in [0.2, 0.25) is 0 Å². The van der Waals surface area contributed by atoms with E-state index in [1.807, 2.05) is 6.07 Å². The van der Waals surface area contributed by atoms with Crippen molar-refractivity contribution < 1.29 is 4.74 Å². The minimum atomic E-state index is 0.557. The molecule has 106 valence electrons. The Hall–Kier alpha value is -1.98. The molecule has 0 aliphatic heterocycles. The first-order chi connectivity index (χ1) is 9.83. The molecule has 1 aromatic carbocycles. The quantitative estimate of drug-likeness (QED) is 0.802. The van der Waals surface area contributed by atoms with E-state index in [2.05, 4.69) is 39.6 Å². The van der Waals surface area contributed by atoms with Crippen molar-refractivity contribution in [3.8, 4) is 11.3 Å². The Morgan fingerprint density at radius 1 is 1.20 bits per heavy atom. The zero-order valence-electron chi connectivity index (χ0n) is 11.7. The predicted molar refractivity (Wildman–Crippen MR) is 80.6 cm³/mol. The zero-order valence-corrected chi connectivity index (χ0v) is 11.7. The summed E-state index contributed by atoms with van der Waals surface area (Å²) in [5.74, 6) is 0.608. The van der Waals surface area contributed by atoms with Crippen molar-refractivity contribution in [2.45, 2.75) is 6.42 Å². The van der Waals surface area contributed by atoms with E-state index in [1.165, 1.54) is 5.56 Å². The Kier molecular flexibility index (Phi) is 5.46. The molecular weight excluding hydrogens is 252 g/mol. The number of aromatic nitrogens is 2. The summed E-state index contributed by atoms with van der Waals surface area (Å²) >= 11 is 0. The van der Waals surface area contributed by atoms with E-state index in [1.54, 1.807) is 13.3 Å². The van der Waals surface area contributed by atoms with Gasteiger partial charge in [-0.1, -0.05) is 24.3 Å². The lowest BCUT2D eigenvalue weighted by Gasteiger charge is -2.06. The number of anilines is 1. The highest BCUT2D eigenvalue weighted by Gasteiger charge is 2.02. The fourth-order valence-corrected chi connectivity index (χ4v) is 1.85. The summed E-state index contributed by atoms with van der Waals surface area (Å²) in [5.41, 5.74) is 8.68. The van der Waals surface area contributed by atoms with Gasteiger partial charge < -0.3 is 15.8 Å². The summed E-state index contributed by atoms with van der Waals surface area (Å²) < 4.78 is 5.07. The lowest BCUT2D eigenvalue weighted by atomic mass is 10.1. The van der Waals surface area contributed by atoms with Crippen LogP contribution < -0.4 is 11.1 Å². The molecular formula is C15H20N4O. The molecule has 0 aliphatic carbocycles. The molecule has 2 rings (SSSR count). The molecule has 0 atom stereocenters. The van der Waals surface area contributed by atoms with Gasteiger partial charge in [0.15, 0.2) is 0 Å². The van der Waals surface area contributed by atoms with Crippen molar-refractivity contribution in [3.05, 3.63) is 42.1 Å². The van der Waals surface area contributed by atoms with Crippen molar-refractivity contribution in [1.29, 1.82) is 0 Å². The number of nitrogens with two attached hydrogens (primary N) is 1. The summed E-state index contributed by atoms with van der Waals surface area (Å²) in [4.78, 5) is 8.64. The molecule has 1 heterocycles. The van der Waals surface area contributed by atoms with Gasteiger partial charge in [-0.3, -0.25) is 0 Å². The second kappa shape index (κ2) is 7.57. The van der Waals surface area contributed by atoms with Crippen molar-refractivity contribution >= 4 is 5.95 Å². The van der Waals surface area contributed by atoms with Gasteiger partial charge in [-0.2, -0.15) is 0 Å². The SMILES string of the molecule is COCCc1ccc(-c2ccnc(NCCN)n2)cc1. The van der Waals surface area contributed by atoms with Crippen LogP contribution >= 0.6 is 0 Å². The van der Waals surface area contributed by atoms with Crippen molar-refractivity contribution in [2.75, 3.05) is 32.1 Å². The summed E-state index contributed by atoms with van der Waals surface area (Å²) in [5, 5.41) is 3.08. The number of rotatable bonds is 7. The second-order valence-corrected chi connectivity index (χ2v) is 4.42. The summed E-state index contributed by atoms with van der Waals surface area (Å²) in [6.07, 6.45) is 2.67. The van der Waals surface area contributed by atoms with Crippen LogP contribution in [0.25, 0.3) is 11.3 Å². The maximum Gasteiger partial charge on any atom is 0.223 e. The predicted octanol–water partition coefficient (Wildman–Crippen LogP) is 1.70. The average Bonchev–Trinajstić information content (AvgIpc) is 2.52. The first-order valence-corrected chi connectivity index (χ1v) is 6.68. The number of hydrogen-bond acceptors (Lipinski definition) is 5. The number of benzene rings is 1. The van der Waals surface area contributed by atoms with E-state index in [0.29, 0.717) is 19.0 Å². The molecule has 0 saturated heterocycles. The van der Waals surface area contributed by atoms with Crippen LogP contribution in [0.1, 0.15) is 5.56 Å². The monoisotopic (exact) mass is 272 g/mol. The molecule has 1 aromatic heterocycles. The molecule has 0 aliphatic rings. The smallest absolute Gasteiger partial charge is 0.223 e. The van der Waals surface area contributed by atoms with Gasteiger partial charge in [-0.05, 0) is 18.1 Å². The van der Waals surface area contributed by atoms with E-state index >= 15 is 0 Å². The third-order valence-electron chi connectivity index (χ3n) is 2.93. The van der Waals surface area contributed by atoms with Crippen LogP contribution in [-0.4, -0.2) is 36.8 Å². The zero-order chi connectivity index (χ0) is 14.2. The Morgan fingerprint density at radius 2 is 2.00 bits per heavy atom. The topological polar surface area (TPSA) is 73.1 Å². The molecule has 3 N–H and O–H groups in total. The van der Waals surface area contributed by atoms with Crippen LogP contribution in [0.15, 0.2) is 36.5 Å². The highest BCUT2D eigenvalue weighted by Crippen LogP contribution is 2.18. The van der Waals surface area contributed by atoms with Crippen molar-refractivity contribution in [3.63, 3.8) is 0 Å². The lowest BCUT2D eigenvalue weighted by Crippen LogP contribution is -2.14. The Balaban J connectivity index is 2.10. The minimum absolute atomic E-state index is 0.557. The average molecular weight is 272 g/mol. The van der Waals surface area contributed by atoms with E-state index < -0.39 is 0 Å². The van der Waals surface area contributed by atoms with E-state index in [-0.39, 0.29) is 0 Å². The summed E-state index contributed by atoms with van der Waals surface area (Å²) in [6.45, 7) is 1.96. The standard InChI is InChI=1S/C15H20N4O/c1-20-11-7-12-2-4-13(5-3-12)14-6-9-17-15(19-14)18-10-8-16/h2-6,9H,7-8,10-11,16H2,1H3,(H,17,18,19). The van der Waals surface area contributed by atoms with Gasteiger partial charge in [0.1, 0.15) is 0 Å². The molecule has 0 fully saturated rings. The van der Waals surface area contributed by atoms with E-state index in [9.17, 15) is 0 Å². The summed E-state index contributed by atoms with van der Waals surface area (Å²) in [6, 6.07) is 10.2. The van der Waals surface area contributed by atoms with E-state index in [0.717, 1.165) is 24.3 Å². The van der Waals surface area contributed by atoms with Gasteiger partial charge in [0, 0.05) is 32.0 Å². The molecule has 0 saturated carbocycles. The van der Waals surface area contributed by atoms with Crippen LogP contribution in [0, 0.1) is 0 Å². The van der Waals surface area contributed by atoms with Crippen molar-refractivity contribution in [1.82, 2.24) is 9.97 Å². The fourth-order valence-electron chi connectivity index (χ4n) is 1.85.